The van der Waals surface area contributed by atoms with Crippen LogP contribution < -0.4 is 9.47 Å². The van der Waals surface area contributed by atoms with Crippen LogP contribution in [0, 0.1) is 6.92 Å². The van der Waals surface area contributed by atoms with E-state index in [0.29, 0.717) is 17.2 Å². The highest BCUT2D eigenvalue weighted by Crippen LogP contribution is 2.30. The summed E-state index contributed by atoms with van der Waals surface area (Å²) < 4.78 is 10.7. The van der Waals surface area contributed by atoms with Gasteiger partial charge in [-0.1, -0.05) is 18.2 Å². The summed E-state index contributed by atoms with van der Waals surface area (Å²) in [7, 11) is 1.49. The van der Waals surface area contributed by atoms with E-state index in [0.717, 1.165) is 5.56 Å². The lowest BCUT2D eigenvalue weighted by atomic mass is 10.2. The third-order valence-electron chi connectivity index (χ3n) is 2.73. The van der Waals surface area contributed by atoms with E-state index < -0.39 is 5.97 Å². The van der Waals surface area contributed by atoms with Gasteiger partial charge in [0, 0.05) is 0 Å². The van der Waals surface area contributed by atoms with Crippen LogP contribution in [-0.4, -0.2) is 18.2 Å². The van der Waals surface area contributed by atoms with E-state index in [-0.39, 0.29) is 5.56 Å². The van der Waals surface area contributed by atoms with Crippen molar-refractivity contribution in [1.29, 1.82) is 0 Å². The van der Waals surface area contributed by atoms with Crippen LogP contribution in [0.3, 0.4) is 0 Å². The Kier molecular flexibility index (Phi) is 3.71. The first-order valence-corrected chi connectivity index (χ1v) is 5.76. The minimum Gasteiger partial charge on any atom is -0.497 e. The standard InChI is InChI=1S/C15H14O4/c1-10-5-3-4-6-13(10)19-14-8-7-11(18-2)9-12(14)15(16)17/h3-9H,1-2H3,(H,16,17). The first kappa shape index (κ1) is 13.0. The Labute approximate surface area is 111 Å². The van der Waals surface area contributed by atoms with Crippen molar-refractivity contribution < 1.29 is 19.4 Å². The summed E-state index contributed by atoms with van der Waals surface area (Å²) in [5, 5.41) is 9.20. The van der Waals surface area contributed by atoms with E-state index in [1.165, 1.54) is 13.2 Å². The lowest BCUT2D eigenvalue weighted by Crippen LogP contribution is -2.01. The third kappa shape index (κ3) is 2.85. The molecule has 4 nitrogen and oxygen atoms in total. The number of methoxy groups -OCH3 is 1. The van der Waals surface area contributed by atoms with Crippen LogP contribution in [0.1, 0.15) is 15.9 Å². The minimum atomic E-state index is -1.05. The molecule has 1 N–H and O–H groups in total. The zero-order chi connectivity index (χ0) is 13.8. The summed E-state index contributed by atoms with van der Waals surface area (Å²) in [6.45, 7) is 1.90. The number of carbonyl (C=O) groups is 1. The number of aromatic carboxylic acids is 1. The number of para-hydroxylation sites is 1. The van der Waals surface area contributed by atoms with Crippen molar-refractivity contribution in [3.8, 4) is 17.2 Å². The molecule has 2 aromatic carbocycles. The third-order valence-corrected chi connectivity index (χ3v) is 2.73. The minimum absolute atomic E-state index is 0.0719. The molecule has 0 amide bonds. The zero-order valence-corrected chi connectivity index (χ0v) is 10.7. The van der Waals surface area contributed by atoms with E-state index in [4.69, 9.17) is 9.47 Å². The molecule has 0 saturated carbocycles. The number of rotatable bonds is 4. The molecule has 2 aromatic rings. The molecule has 0 heterocycles. The van der Waals surface area contributed by atoms with Crippen molar-refractivity contribution >= 4 is 5.97 Å². The molecule has 0 fully saturated rings. The van der Waals surface area contributed by atoms with Crippen LogP contribution in [-0.2, 0) is 0 Å². The highest BCUT2D eigenvalue weighted by Gasteiger charge is 2.14. The number of ether oxygens (including phenoxy) is 2. The second kappa shape index (κ2) is 5.44. The summed E-state index contributed by atoms with van der Waals surface area (Å²) >= 11 is 0. The number of carboxylic acid groups (broad SMARTS) is 1. The Morgan fingerprint density at radius 2 is 1.84 bits per heavy atom. The number of aryl methyl sites for hydroxylation is 1. The van der Waals surface area contributed by atoms with Gasteiger partial charge in [0.1, 0.15) is 22.8 Å². The molecule has 0 unspecified atom stereocenters. The van der Waals surface area contributed by atoms with Gasteiger partial charge in [0.25, 0.3) is 0 Å². The molecular formula is C15H14O4. The van der Waals surface area contributed by atoms with Crippen molar-refractivity contribution in [3.05, 3.63) is 53.6 Å². The van der Waals surface area contributed by atoms with Gasteiger partial charge < -0.3 is 14.6 Å². The van der Waals surface area contributed by atoms with Crippen LogP contribution in [0.15, 0.2) is 42.5 Å². The summed E-state index contributed by atoms with van der Waals surface area (Å²) in [4.78, 5) is 11.2. The monoisotopic (exact) mass is 258 g/mol. The Hall–Kier alpha value is -2.49. The van der Waals surface area contributed by atoms with Crippen molar-refractivity contribution in [2.75, 3.05) is 7.11 Å². The van der Waals surface area contributed by atoms with Crippen molar-refractivity contribution in [3.63, 3.8) is 0 Å². The van der Waals surface area contributed by atoms with Gasteiger partial charge in [-0.2, -0.15) is 0 Å². The van der Waals surface area contributed by atoms with Crippen molar-refractivity contribution in [2.24, 2.45) is 0 Å². The molecule has 0 aromatic heterocycles. The first-order chi connectivity index (χ1) is 9.11. The molecule has 0 atom stereocenters. The zero-order valence-electron chi connectivity index (χ0n) is 10.7. The normalized spacial score (nSPS) is 10.0. The van der Waals surface area contributed by atoms with Crippen LogP contribution in [0.4, 0.5) is 0 Å². The Morgan fingerprint density at radius 1 is 1.11 bits per heavy atom. The molecule has 4 heteroatoms. The molecule has 0 bridgehead atoms. The largest absolute Gasteiger partial charge is 0.497 e. The van der Waals surface area contributed by atoms with Gasteiger partial charge in [0.15, 0.2) is 0 Å². The van der Waals surface area contributed by atoms with Crippen molar-refractivity contribution in [1.82, 2.24) is 0 Å². The fraction of sp³-hybridized carbons (Fsp3) is 0.133. The second-order valence-electron chi connectivity index (χ2n) is 4.03. The lowest BCUT2D eigenvalue weighted by Gasteiger charge is -2.11. The van der Waals surface area contributed by atoms with E-state index >= 15 is 0 Å². The highest BCUT2D eigenvalue weighted by atomic mass is 16.5. The fourth-order valence-electron chi connectivity index (χ4n) is 1.68. The van der Waals surface area contributed by atoms with Crippen LogP contribution in [0.25, 0.3) is 0 Å². The van der Waals surface area contributed by atoms with Gasteiger partial charge in [0.05, 0.1) is 7.11 Å². The Balaban J connectivity index is 2.40. The van der Waals surface area contributed by atoms with Gasteiger partial charge in [-0.15, -0.1) is 0 Å². The molecule has 98 valence electrons. The molecule has 0 saturated heterocycles. The Morgan fingerprint density at radius 3 is 2.47 bits per heavy atom. The van der Waals surface area contributed by atoms with Gasteiger partial charge >= 0.3 is 5.97 Å². The number of hydrogen-bond donors (Lipinski definition) is 1. The highest BCUT2D eigenvalue weighted by molar-refractivity contribution is 5.91. The second-order valence-corrected chi connectivity index (χ2v) is 4.03. The van der Waals surface area contributed by atoms with E-state index in [1.54, 1.807) is 18.2 Å². The Bertz CT molecular complexity index is 605. The smallest absolute Gasteiger partial charge is 0.339 e. The molecule has 0 aliphatic rings. The molecule has 0 radical (unpaired) electrons. The van der Waals surface area contributed by atoms with E-state index in [9.17, 15) is 9.90 Å². The molecule has 0 aliphatic heterocycles. The van der Waals surface area contributed by atoms with Gasteiger partial charge in [-0.25, -0.2) is 4.79 Å². The van der Waals surface area contributed by atoms with E-state index in [1.807, 2.05) is 25.1 Å². The maximum Gasteiger partial charge on any atom is 0.339 e. The molecular weight excluding hydrogens is 244 g/mol. The van der Waals surface area contributed by atoms with Crippen LogP contribution >= 0.6 is 0 Å². The van der Waals surface area contributed by atoms with Gasteiger partial charge in [-0.3, -0.25) is 0 Å². The SMILES string of the molecule is COc1ccc(Oc2ccccc2C)c(C(=O)O)c1. The lowest BCUT2D eigenvalue weighted by molar-refractivity contribution is 0.0693. The maximum atomic E-state index is 11.2. The number of hydrogen-bond acceptors (Lipinski definition) is 3. The summed E-state index contributed by atoms with van der Waals surface area (Å²) in [6.07, 6.45) is 0. The first-order valence-electron chi connectivity index (χ1n) is 5.76. The predicted molar refractivity (Wildman–Crippen MR) is 71.2 cm³/mol. The summed E-state index contributed by atoms with van der Waals surface area (Å²) in [5.41, 5.74) is 1.01. The summed E-state index contributed by atoms with van der Waals surface area (Å²) in [6, 6.07) is 12.1. The molecule has 0 aliphatic carbocycles. The molecule has 2 rings (SSSR count). The van der Waals surface area contributed by atoms with Crippen LogP contribution in [0.2, 0.25) is 0 Å². The van der Waals surface area contributed by atoms with Crippen molar-refractivity contribution in [2.45, 2.75) is 6.92 Å². The maximum absolute atomic E-state index is 11.2. The average Bonchev–Trinajstić information content (AvgIpc) is 2.41. The summed E-state index contributed by atoms with van der Waals surface area (Å²) in [5.74, 6) is 0.356. The predicted octanol–water partition coefficient (Wildman–Crippen LogP) is 3.49. The fourth-order valence-corrected chi connectivity index (χ4v) is 1.68. The number of benzene rings is 2. The quantitative estimate of drug-likeness (QED) is 0.912. The topological polar surface area (TPSA) is 55.8 Å². The van der Waals surface area contributed by atoms with E-state index in [2.05, 4.69) is 0 Å². The van der Waals surface area contributed by atoms with Gasteiger partial charge in [-0.05, 0) is 36.8 Å². The molecule has 0 spiro atoms. The molecule has 19 heavy (non-hydrogen) atoms. The van der Waals surface area contributed by atoms with Crippen LogP contribution in [0.5, 0.6) is 17.2 Å². The van der Waals surface area contributed by atoms with Gasteiger partial charge in [0.2, 0.25) is 0 Å². The average molecular weight is 258 g/mol. The number of carboxylic acids is 1.